The highest BCUT2D eigenvalue weighted by atomic mass is 16.5. The number of nitrogens with zero attached hydrogens (tertiary/aromatic N) is 1. The van der Waals surface area contributed by atoms with E-state index in [0.29, 0.717) is 13.0 Å². The van der Waals surface area contributed by atoms with Crippen molar-refractivity contribution in [2.75, 3.05) is 6.61 Å². The van der Waals surface area contributed by atoms with Gasteiger partial charge in [-0.2, -0.15) is 0 Å². The van der Waals surface area contributed by atoms with Crippen LogP contribution >= 0.6 is 0 Å². The minimum Gasteiger partial charge on any atom is -0.501 e. The minimum absolute atomic E-state index is 0.227. The molecule has 4 heteroatoms. The van der Waals surface area contributed by atoms with Gasteiger partial charge in [0.2, 0.25) is 0 Å². The number of carboxylic acid groups (broad SMARTS) is 1. The molecule has 1 N–H and O–H groups in total. The van der Waals surface area contributed by atoms with Gasteiger partial charge >= 0.3 is 5.97 Å². The molecular weight excluding hydrogens is 194 g/mol. The summed E-state index contributed by atoms with van der Waals surface area (Å²) in [5.74, 6) is -0.965. The number of pyridine rings is 1. The molecule has 4 nitrogen and oxygen atoms in total. The molecule has 0 aliphatic heterocycles. The van der Waals surface area contributed by atoms with Crippen molar-refractivity contribution in [3.8, 4) is 0 Å². The van der Waals surface area contributed by atoms with Crippen LogP contribution in [0.3, 0.4) is 0 Å². The zero-order valence-corrected chi connectivity index (χ0v) is 8.51. The number of hydrogen-bond acceptors (Lipinski definition) is 3. The van der Waals surface area contributed by atoms with Crippen molar-refractivity contribution in [1.82, 2.24) is 4.98 Å². The summed E-state index contributed by atoms with van der Waals surface area (Å²) in [6.45, 7) is 2.27. The molecule has 0 spiro atoms. The molecule has 1 aromatic rings. The standard InChI is InChI=1S/C11H13NO3/c1-2-15-8-10(11(13)14)6-9-4-3-5-12-7-9/h3-5,7-8H,2,6H2,1H3,(H,13,14)/b10-8+. The third kappa shape index (κ3) is 3.81. The quantitative estimate of drug-likeness (QED) is 0.589. The van der Waals surface area contributed by atoms with Gasteiger partial charge in [0.25, 0.3) is 0 Å². The number of aromatic nitrogens is 1. The third-order valence-corrected chi connectivity index (χ3v) is 1.78. The Balaban J connectivity index is 2.72. The van der Waals surface area contributed by atoms with E-state index in [1.807, 2.05) is 6.07 Å². The average Bonchev–Trinajstić information content (AvgIpc) is 2.25. The molecular formula is C11H13NO3. The zero-order chi connectivity index (χ0) is 11.1. The molecule has 0 atom stereocenters. The van der Waals surface area contributed by atoms with Crippen LogP contribution < -0.4 is 0 Å². The van der Waals surface area contributed by atoms with E-state index < -0.39 is 5.97 Å². The molecule has 15 heavy (non-hydrogen) atoms. The van der Waals surface area contributed by atoms with Gasteiger partial charge in [-0.15, -0.1) is 0 Å². The molecule has 0 radical (unpaired) electrons. The molecule has 0 saturated heterocycles. The third-order valence-electron chi connectivity index (χ3n) is 1.78. The molecule has 0 saturated carbocycles. The van der Waals surface area contributed by atoms with Crippen LogP contribution in [0, 0.1) is 0 Å². The van der Waals surface area contributed by atoms with Gasteiger partial charge in [0.15, 0.2) is 0 Å². The van der Waals surface area contributed by atoms with Crippen molar-refractivity contribution < 1.29 is 14.6 Å². The molecule has 0 aliphatic carbocycles. The molecule has 1 aromatic heterocycles. The molecule has 0 bridgehead atoms. The van der Waals surface area contributed by atoms with Crippen LogP contribution in [0.1, 0.15) is 12.5 Å². The lowest BCUT2D eigenvalue weighted by Gasteiger charge is -2.02. The summed E-state index contributed by atoms with van der Waals surface area (Å²) < 4.78 is 4.97. The molecule has 0 aliphatic rings. The summed E-state index contributed by atoms with van der Waals surface area (Å²) in [5.41, 5.74) is 1.08. The number of carbonyl (C=O) groups is 1. The van der Waals surface area contributed by atoms with E-state index in [2.05, 4.69) is 4.98 Å². The largest absolute Gasteiger partial charge is 0.501 e. The van der Waals surface area contributed by atoms with Crippen molar-refractivity contribution in [2.45, 2.75) is 13.3 Å². The second-order valence-electron chi connectivity index (χ2n) is 2.94. The minimum atomic E-state index is -0.965. The normalized spacial score (nSPS) is 11.1. The lowest BCUT2D eigenvalue weighted by atomic mass is 10.1. The van der Waals surface area contributed by atoms with Crippen LogP contribution in [0.4, 0.5) is 0 Å². The van der Waals surface area contributed by atoms with Gasteiger partial charge in [0.05, 0.1) is 18.4 Å². The Hall–Kier alpha value is -1.84. The van der Waals surface area contributed by atoms with Crippen molar-refractivity contribution in [1.29, 1.82) is 0 Å². The fourth-order valence-electron chi connectivity index (χ4n) is 1.07. The molecule has 0 fully saturated rings. The smallest absolute Gasteiger partial charge is 0.335 e. The number of aliphatic carboxylic acids is 1. The Kier molecular flexibility index (Phi) is 4.34. The van der Waals surface area contributed by atoms with Crippen LogP contribution in [0.15, 0.2) is 36.4 Å². The number of ether oxygens (including phenoxy) is 1. The molecule has 0 unspecified atom stereocenters. The van der Waals surface area contributed by atoms with E-state index in [-0.39, 0.29) is 5.57 Å². The number of rotatable bonds is 5. The van der Waals surface area contributed by atoms with Gasteiger partial charge in [-0.1, -0.05) is 6.07 Å². The SMILES string of the molecule is CCO/C=C(\Cc1cccnc1)C(=O)O. The first-order valence-corrected chi connectivity index (χ1v) is 4.67. The maximum absolute atomic E-state index is 10.8. The van der Waals surface area contributed by atoms with E-state index in [1.165, 1.54) is 6.26 Å². The summed E-state index contributed by atoms with van der Waals surface area (Å²) in [6, 6.07) is 3.60. The first kappa shape index (κ1) is 11.2. The fraction of sp³-hybridized carbons (Fsp3) is 0.273. The monoisotopic (exact) mass is 207 g/mol. The lowest BCUT2D eigenvalue weighted by Crippen LogP contribution is -2.05. The summed E-state index contributed by atoms with van der Waals surface area (Å²) in [5, 5.41) is 8.89. The lowest BCUT2D eigenvalue weighted by molar-refractivity contribution is -0.132. The highest BCUT2D eigenvalue weighted by molar-refractivity contribution is 5.86. The zero-order valence-electron chi connectivity index (χ0n) is 8.51. The maximum atomic E-state index is 10.8. The van der Waals surface area contributed by atoms with Gasteiger partial charge in [0, 0.05) is 18.8 Å². The Morgan fingerprint density at radius 2 is 2.47 bits per heavy atom. The highest BCUT2D eigenvalue weighted by Gasteiger charge is 2.08. The summed E-state index contributed by atoms with van der Waals surface area (Å²) >= 11 is 0. The van der Waals surface area contributed by atoms with Gasteiger partial charge in [-0.3, -0.25) is 4.98 Å². The van der Waals surface area contributed by atoms with Gasteiger partial charge < -0.3 is 9.84 Å². The maximum Gasteiger partial charge on any atom is 0.335 e. The summed E-state index contributed by atoms with van der Waals surface area (Å²) in [7, 11) is 0. The molecule has 1 rings (SSSR count). The van der Waals surface area contributed by atoms with Gasteiger partial charge in [0.1, 0.15) is 0 Å². The van der Waals surface area contributed by atoms with Crippen LogP contribution in [-0.2, 0) is 16.0 Å². The average molecular weight is 207 g/mol. The molecule has 1 heterocycles. The number of carboxylic acids is 1. The Labute approximate surface area is 88.2 Å². The molecule has 0 amide bonds. The van der Waals surface area contributed by atoms with Crippen molar-refractivity contribution in [2.24, 2.45) is 0 Å². The second-order valence-corrected chi connectivity index (χ2v) is 2.94. The Morgan fingerprint density at radius 1 is 1.67 bits per heavy atom. The van der Waals surface area contributed by atoms with Crippen LogP contribution in [0.5, 0.6) is 0 Å². The van der Waals surface area contributed by atoms with Gasteiger partial charge in [-0.05, 0) is 18.6 Å². The summed E-state index contributed by atoms with van der Waals surface area (Å²) in [6.07, 6.45) is 4.90. The summed E-state index contributed by atoms with van der Waals surface area (Å²) in [4.78, 5) is 14.8. The van der Waals surface area contributed by atoms with Crippen molar-refractivity contribution in [3.05, 3.63) is 41.9 Å². The van der Waals surface area contributed by atoms with E-state index >= 15 is 0 Å². The van der Waals surface area contributed by atoms with E-state index in [9.17, 15) is 4.79 Å². The first-order valence-electron chi connectivity index (χ1n) is 4.67. The van der Waals surface area contributed by atoms with Crippen LogP contribution in [0.25, 0.3) is 0 Å². The first-order chi connectivity index (χ1) is 7.24. The predicted octanol–water partition coefficient (Wildman–Crippen LogP) is 1.63. The van der Waals surface area contributed by atoms with E-state index in [0.717, 1.165) is 5.56 Å². The van der Waals surface area contributed by atoms with E-state index in [4.69, 9.17) is 9.84 Å². The van der Waals surface area contributed by atoms with E-state index in [1.54, 1.807) is 25.4 Å². The number of hydrogen-bond donors (Lipinski definition) is 1. The van der Waals surface area contributed by atoms with Crippen LogP contribution in [0.2, 0.25) is 0 Å². The van der Waals surface area contributed by atoms with Gasteiger partial charge in [-0.25, -0.2) is 4.79 Å². The predicted molar refractivity (Wildman–Crippen MR) is 55.3 cm³/mol. The molecule has 0 aromatic carbocycles. The Bertz CT molecular complexity index is 346. The fourth-order valence-corrected chi connectivity index (χ4v) is 1.07. The topological polar surface area (TPSA) is 59.4 Å². The van der Waals surface area contributed by atoms with Crippen LogP contribution in [-0.4, -0.2) is 22.7 Å². The molecule has 80 valence electrons. The highest BCUT2D eigenvalue weighted by Crippen LogP contribution is 2.07. The second kappa shape index (κ2) is 5.80. The van der Waals surface area contributed by atoms with Crippen molar-refractivity contribution in [3.63, 3.8) is 0 Å². The Morgan fingerprint density at radius 3 is 3.00 bits per heavy atom. The van der Waals surface area contributed by atoms with Crippen molar-refractivity contribution >= 4 is 5.97 Å².